The lowest BCUT2D eigenvalue weighted by molar-refractivity contribution is 0.202. The number of nitrogen functional groups attached to an aromatic ring is 1. The maximum atomic E-state index is 5.95. The molecule has 1 aromatic heterocycles. The van der Waals surface area contributed by atoms with Crippen molar-refractivity contribution in [2.24, 2.45) is 0 Å². The average Bonchev–Trinajstić information content (AvgIpc) is 2.36. The molecule has 0 unspecified atom stereocenters. The molecule has 0 amide bonds. The van der Waals surface area contributed by atoms with E-state index in [1.54, 1.807) is 13.3 Å². The monoisotopic (exact) mass is 237 g/mol. The molecule has 1 rings (SSSR count). The summed E-state index contributed by atoms with van der Waals surface area (Å²) in [5, 5.41) is 0. The van der Waals surface area contributed by atoms with E-state index in [2.05, 4.69) is 23.7 Å². The van der Waals surface area contributed by atoms with Crippen molar-refractivity contribution in [1.82, 2.24) is 4.98 Å². The zero-order chi connectivity index (χ0) is 12.7. The topological polar surface area (TPSA) is 51.4 Å². The van der Waals surface area contributed by atoms with Crippen LogP contribution in [0.25, 0.3) is 0 Å². The van der Waals surface area contributed by atoms with Crippen LogP contribution in [-0.4, -0.2) is 31.3 Å². The summed E-state index contributed by atoms with van der Waals surface area (Å²) in [5.74, 6) is 0.593. The van der Waals surface area contributed by atoms with Crippen LogP contribution in [0.3, 0.4) is 0 Å². The van der Waals surface area contributed by atoms with Crippen LogP contribution in [0.15, 0.2) is 18.3 Å². The number of pyridine rings is 1. The Labute approximate surface area is 104 Å². The number of ether oxygens (including phenoxy) is 1. The molecule has 2 N–H and O–H groups in total. The SMILES string of the molecule is CCC(CC)N(CCOC)c1cccnc1N. The summed E-state index contributed by atoms with van der Waals surface area (Å²) in [6.07, 6.45) is 3.91. The molecule has 0 radical (unpaired) electrons. The summed E-state index contributed by atoms with van der Waals surface area (Å²) in [5.41, 5.74) is 6.96. The lowest BCUT2D eigenvalue weighted by atomic mass is 10.1. The lowest BCUT2D eigenvalue weighted by Crippen LogP contribution is -2.37. The summed E-state index contributed by atoms with van der Waals surface area (Å²) in [6.45, 7) is 5.94. The second-order valence-electron chi connectivity index (χ2n) is 4.06. The fourth-order valence-corrected chi connectivity index (χ4v) is 2.07. The fraction of sp³-hybridized carbons (Fsp3) is 0.615. The van der Waals surface area contributed by atoms with Crippen molar-refractivity contribution in [2.75, 3.05) is 30.9 Å². The molecule has 1 heterocycles. The average molecular weight is 237 g/mol. The third kappa shape index (κ3) is 3.60. The van der Waals surface area contributed by atoms with Gasteiger partial charge in [0.15, 0.2) is 0 Å². The van der Waals surface area contributed by atoms with E-state index in [0.29, 0.717) is 18.5 Å². The van der Waals surface area contributed by atoms with Gasteiger partial charge in [-0.05, 0) is 25.0 Å². The third-order valence-electron chi connectivity index (χ3n) is 3.05. The van der Waals surface area contributed by atoms with E-state index in [1.807, 2.05) is 12.1 Å². The van der Waals surface area contributed by atoms with Crippen LogP contribution in [0, 0.1) is 0 Å². The van der Waals surface area contributed by atoms with Crippen molar-refractivity contribution in [3.05, 3.63) is 18.3 Å². The van der Waals surface area contributed by atoms with E-state index < -0.39 is 0 Å². The molecular weight excluding hydrogens is 214 g/mol. The van der Waals surface area contributed by atoms with Gasteiger partial charge in [-0.15, -0.1) is 0 Å². The number of hydrogen-bond acceptors (Lipinski definition) is 4. The van der Waals surface area contributed by atoms with Gasteiger partial charge in [0.1, 0.15) is 5.82 Å². The van der Waals surface area contributed by atoms with Crippen LogP contribution in [0.5, 0.6) is 0 Å². The Morgan fingerprint density at radius 1 is 1.41 bits per heavy atom. The van der Waals surface area contributed by atoms with Crippen LogP contribution >= 0.6 is 0 Å². The highest BCUT2D eigenvalue weighted by atomic mass is 16.5. The van der Waals surface area contributed by atoms with Crippen LogP contribution < -0.4 is 10.6 Å². The first-order valence-electron chi connectivity index (χ1n) is 6.20. The minimum Gasteiger partial charge on any atom is -0.383 e. The number of hydrogen-bond donors (Lipinski definition) is 1. The van der Waals surface area contributed by atoms with Crippen molar-refractivity contribution in [3.63, 3.8) is 0 Å². The maximum absolute atomic E-state index is 5.95. The highest BCUT2D eigenvalue weighted by Crippen LogP contribution is 2.24. The summed E-state index contributed by atoms with van der Waals surface area (Å²) in [6, 6.07) is 4.43. The van der Waals surface area contributed by atoms with E-state index in [0.717, 1.165) is 25.1 Å². The number of aromatic nitrogens is 1. The highest BCUT2D eigenvalue weighted by Gasteiger charge is 2.17. The summed E-state index contributed by atoms with van der Waals surface area (Å²) >= 11 is 0. The third-order valence-corrected chi connectivity index (χ3v) is 3.05. The smallest absolute Gasteiger partial charge is 0.146 e. The van der Waals surface area contributed by atoms with E-state index in [9.17, 15) is 0 Å². The number of rotatable bonds is 7. The van der Waals surface area contributed by atoms with Crippen LogP contribution in [0.4, 0.5) is 11.5 Å². The van der Waals surface area contributed by atoms with Gasteiger partial charge in [0.2, 0.25) is 0 Å². The molecular formula is C13H23N3O. The first-order valence-corrected chi connectivity index (χ1v) is 6.20. The molecule has 17 heavy (non-hydrogen) atoms. The van der Waals surface area contributed by atoms with Crippen LogP contribution in [-0.2, 0) is 4.74 Å². The van der Waals surface area contributed by atoms with Crippen LogP contribution in [0.1, 0.15) is 26.7 Å². The normalized spacial score (nSPS) is 10.8. The van der Waals surface area contributed by atoms with Gasteiger partial charge in [0.05, 0.1) is 12.3 Å². The van der Waals surface area contributed by atoms with E-state index in [-0.39, 0.29) is 0 Å². The molecule has 0 aromatic carbocycles. The van der Waals surface area contributed by atoms with Crippen molar-refractivity contribution < 1.29 is 4.74 Å². The van der Waals surface area contributed by atoms with Crippen molar-refractivity contribution in [2.45, 2.75) is 32.7 Å². The van der Waals surface area contributed by atoms with Crippen molar-refractivity contribution in [3.8, 4) is 0 Å². The molecule has 4 heteroatoms. The Kier molecular flexibility index (Phi) is 5.77. The van der Waals surface area contributed by atoms with E-state index in [4.69, 9.17) is 10.5 Å². The Morgan fingerprint density at radius 2 is 2.12 bits per heavy atom. The van der Waals surface area contributed by atoms with Gasteiger partial charge in [0.25, 0.3) is 0 Å². The maximum Gasteiger partial charge on any atom is 0.146 e. The minimum absolute atomic E-state index is 0.483. The number of anilines is 2. The number of methoxy groups -OCH3 is 1. The molecule has 1 aromatic rings. The Morgan fingerprint density at radius 3 is 2.65 bits per heavy atom. The second-order valence-corrected chi connectivity index (χ2v) is 4.06. The molecule has 4 nitrogen and oxygen atoms in total. The molecule has 0 atom stereocenters. The predicted molar refractivity (Wildman–Crippen MR) is 72.2 cm³/mol. The number of nitrogens with two attached hydrogens (primary N) is 1. The van der Waals surface area contributed by atoms with Gasteiger partial charge in [-0.1, -0.05) is 13.8 Å². The molecule has 96 valence electrons. The Balaban J connectivity index is 2.92. The Bertz CT molecular complexity index is 326. The zero-order valence-corrected chi connectivity index (χ0v) is 11.0. The standard InChI is InChI=1S/C13H23N3O/c1-4-11(5-2)16(9-10-17-3)12-7-6-8-15-13(12)14/h6-8,11H,4-5,9-10H2,1-3H3,(H2,14,15). The molecule has 0 fully saturated rings. The molecule has 0 aliphatic carbocycles. The zero-order valence-electron chi connectivity index (χ0n) is 11.0. The van der Waals surface area contributed by atoms with Gasteiger partial charge in [-0.25, -0.2) is 4.98 Å². The fourth-order valence-electron chi connectivity index (χ4n) is 2.07. The predicted octanol–water partition coefficient (Wildman–Crippen LogP) is 2.31. The van der Waals surface area contributed by atoms with Gasteiger partial charge in [-0.2, -0.15) is 0 Å². The first kappa shape index (κ1) is 13.8. The molecule has 0 aliphatic rings. The Hall–Kier alpha value is -1.29. The summed E-state index contributed by atoms with van der Waals surface area (Å²) < 4.78 is 5.17. The van der Waals surface area contributed by atoms with E-state index >= 15 is 0 Å². The molecule has 0 bridgehead atoms. The quantitative estimate of drug-likeness (QED) is 0.790. The minimum atomic E-state index is 0.483. The second kappa shape index (κ2) is 7.12. The largest absolute Gasteiger partial charge is 0.383 e. The summed E-state index contributed by atoms with van der Waals surface area (Å²) in [4.78, 5) is 6.45. The van der Waals surface area contributed by atoms with Crippen LogP contribution in [0.2, 0.25) is 0 Å². The van der Waals surface area contributed by atoms with Gasteiger partial charge in [-0.3, -0.25) is 0 Å². The van der Waals surface area contributed by atoms with Gasteiger partial charge >= 0.3 is 0 Å². The van der Waals surface area contributed by atoms with Gasteiger partial charge in [0, 0.05) is 25.9 Å². The molecule has 0 saturated heterocycles. The van der Waals surface area contributed by atoms with Crippen molar-refractivity contribution >= 4 is 11.5 Å². The molecule has 0 aliphatic heterocycles. The lowest BCUT2D eigenvalue weighted by Gasteiger charge is -2.32. The van der Waals surface area contributed by atoms with E-state index in [1.165, 1.54) is 0 Å². The molecule has 0 spiro atoms. The van der Waals surface area contributed by atoms with Crippen molar-refractivity contribution in [1.29, 1.82) is 0 Å². The highest BCUT2D eigenvalue weighted by molar-refractivity contribution is 5.63. The van der Waals surface area contributed by atoms with Gasteiger partial charge < -0.3 is 15.4 Å². The molecule has 0 saturated carbocycles. The number of nitrogens with zero attached hydrogens (tertiary/aromatic N) is 2. The first-order chi connectivity index (χ1) is 8.24. The summed E-state index contributed by atoms with van der Waals surface area (Å²) in [7, 11) is 1.72.